The van der Waals surface area contributed by atoms with Crippen molar-refractivity contribution in [2.24, 2.45) is 0 Å². The van der Waals surface area contributed by atoms with Crippen LogP contribution in [0.4, 0.5) is 8.78 Å². The van der Waals surface area contributed by atoms with Gasteiger partial charge >= 0.3 is 5.97 Å². The molecule has 7 heteroatoms. The SMILES string of the molecule is CCC[C@](C)(F)C(=O)Oc1ccc(-c2cnc(-c3ccc(OCCCC[C@H](C)F)cc3)nc2)cc1. The Balaban J connectivity index is 1.56. The summed E-state index contributed by atoms with van der Waals surface area (Å²) in [5.41, 5.74) is 0.504. The van der Waals surface area contributed by atoms with Crippen molar-refractivity contribution in [2.75, 3.05) is 6.61 Å². The Bertz CT molecular complexity index is 1070. The molecule has 0 amide bonds. The van der Waals surface area contributed by atoms with Gasteiger partial charge in [0.05, 0.1) is 12.8 Å². The monoisotopic (exact) mass is 482 g/mol. The van der Waals surface area contributed by atoms with Crippen molar-refractivity contribution in [3.05, 3.63) is 60.9 Å². The summed E-state index contributed by atoms with van der Waals surface area (Å²) in [4.78, 5) is 21.0. The maximum absolute atomic E-state index is 14.3. The molecule has 3 aromatic rings. The van der Waals surface area contributed by atoms with E-state index in [0.29, 0.717) is 25.3 Å². The van der Waals surface area contributed by atoms with E-state index in [1.54, 1.807) is 43.6 Å². The predicted octanol–water partition coefficient (Wildman–Crippen LogP) is 7.15. The first kappa shape index (κ1) is 26.3. The average Bonchev–Trinajstić information content (AvgIpc) is 2.84. The average molecular weight is 483 g/mol. The van der Waals surface area contributed by atoms with Gasteiger partial charge in [0, 0.05) is 23.5 Å². The Hall–Kier alpha value is -3.35. The number of ether oxygens (including phenoxy) is 2. The van der Waals surface area contributed by atoms with Crippen LogP contribution >= 0.6 is 0 Å². The fourth-order valence-corrected chi connectivity index (χ4v) is 3.54. The van der Waals surface area contributed by atoms with Crippen molar-refractivity contribution in [1.29, 1.82) is 0 Å². The molecule has 5 nitrogen and oxygen atoms in total. The number of nitrogens with zero attached hydrogens (tertiary/aromatic N) is 2. The maximum Gasteiger partial charge on any atom is 0.348 e. The molecule has 35 heavy (non-hydrogen) atoms. The van der Waals surface area contributed by atoms with Crippen molar-refractivity contribution in [3.8, 4) is 34.0 Å². The molecule has 1 heterocycles. The number of carbonyl (C=O) groups excluding carboxylic acids is 1. The van der Waals surface area contributed by atoms with Crippen molar-refractivity contribution in [3.63, 3.8) is 0 Å². The van der Waals surface area contributed by atoms with Crippen LogP contribution in [0, 0.1) is 0 Å². The van der Waals surface area contributed by atoms with Crippen LogP contribution in [-0.2, 0) is 4.79 Å². The van der Waals surface area contributed by atoms with Gasteiger partial charge in [-0.25, -0.2) is 23.5 Å². The van der Waals surface area contributed by atoms with E-state index < -0.39 is 17.8 Å². The third kappa shape index (κ3) is 7.84. The van der Waals surface area contributed by atoms with E-state index in [1.807, 2.05) is 31.2 Å². The van der Waals surface area contributed by atoms with Gasteiger partial charge < -0.3 is 9.47 Å². The van der Waals surface area contributed by atoms with Gasteiger partial charge in [-0.1, -0.05) is 25.5 Å². The third-order valence-electron chi connectivity index (χ3n) is 5.57. The van der Waals surface area contributed by atoms with Crippen LogP contribution in [0.2, 0.25) is 0 Å². The lowest BCUT2D eigenvalue weighted by atomic mass is 10.0. The predicted molar refractivity (Wildman–Crippen MR) is 133 cm³/mol. The second kappa shape index (κ2) is 12.4. The quantitative estimate of drug-likeness (QED) is 0.156. The highest BCUT2D eigenvalue weighted by molar-refractivity contribution is 5.81. The van der Waals surface area contributed by atoms with Gasteiger partial charge in [-0.2, -0.15) is 0 Å². The van der Waals surface area contributed by atoms with E-state index in [-0.39, 0.29) is 12.2 Å². The summed E-state index contributed by atoms with van der Waals surface area (Å²) < 4.78 is 38.0. The molecule has 1 aromatic heterocycles. The number of unbranched alkanes of at least 4 members (excludes halogenated alkanes) is 1. The Morgan fingerprint density at radius 2 is 1.54 bits per heavy atom. The van der Waals surface area contributed by atoms with Crippen LogP contribution in [0.3, 0.4) is 0 Å². The molecular formula is C28H32F2N2O3. The summed E-state index contributed by atoms with van der Waals surface area (Å²) in [7, 11) is 0. The lowest BCUT2D eigenvalue weighted by Gasteiger charge is -2.17. The van der Waals surface area contributed by atoms with Crippen LogP contribution in [0.25, 0.3) is 22.5 Å². The van der Waals surface area contributed by atoms with Gasteiger partial charge in [0.15, 0.2) is 5.82 Å². The zero-order chi connectivity index (χ0) is 25.3. The number of carbonyl (C=O) groups is 1. The fourth-order valence-electron chi connectivity index (χ4n) is 3.54. The third-order valence-corrected chi connectivity index (χ3v) is 5.57. The minimum Gasteiger partial charge on any atom is -0.494 e. The molecule has 2 aromatic carbocycles. The summed E-state index contributed by atoms with van der Waals surface area (Å²) in [6.07, 6.45) is 5.53. The highest BCUT2D eigenvalue weighted by atomic mass is 19.1. The van der Waals surface area contributed by atoms with E-state index >= 15 is 0 Å². The minimum atomic E-state index is -2.00. The van der Waals surface area contributed by atoms with E-state index in [2.05, 4.69) is 9.97 Å². The Labute approximate surface area is 205 Å². The standard InChI is InChI=1S/C28H32F2N2O3/c1-4-16-28(3,30)27(33)35-25-14-8-21(9-15-25)23-18-31-26(32-19-23)22-10-12-24(13-11-22)34-17-6-5-7-20(2)29/h8-15,18-20H,4-7,16-17H2,1-3H3/t20-,28-/m0/s1. The van der Waals surface area contributed by atoms with Crippen LogP contribution in [0.5, 0.6) is 11.5 Å². The van der Waals surface area contributed by atoms with E-state index in [9.17, 15) is 13.6 Å². The van der Waals surface area contributed by atoms with Crippen molar-refractivity contribution in [2.45, 2.75) is 64.7 Å². The molecule has 0 aliphatic rings. The summed E-state index contributed by atoms with van der Waals surface area (Å²) in [6.45, 7) is 5.19. The summed E-state index contributed by atoms with van der Waals surface area (Å²) in [6, 6.07) is 14.3. The van der Waals surface area contributed by atoms with Crippen molar-refractivity contribution in [1.82, 2.24) is 9.97 Å². The molecule has 0 N–H and O–H groups in total. The Kier molecular flexibility index (Phi) is 9.29. The highest BCUT2D eigenvalue weighted by Gasteiger charge is 2.34. The molecular weight excluding hydrogens is 450 g/mol. The van der Waals surface area contributed by atoms with E-state index in [0.717, 1.165) is 35.3 Å². The topological polar surface area (TPSA) is 61.3 Å². The Morgan fingerprint density at radius 1 is 0.943 bits per heavy atom. The van der Waals surface area contributed by atoms with Crippen LogP contribution in [0.15, 0.2) is 60.9 Å². The summed E-state index contributed by atoms with van der Waals surface area (Å²) in [5.74, 6) is 0.737. The number of rotatable bonds is 12. The highest BCUT2D eigenvalue weighted by Crippen LogP contribution is 2.26. The summed E-state index contributed by atoms with van der Waals surface area (Å²) >= 11 is 0. The van der Waals surface area contributed by atoms with Crippen LogP contribution < -0.4 is 9.47 Å². The molecule has 0 aliphatic carbocycles. The molecule has 186 valence electrons. The largest absolute Gasteiger partial charge is 0.494 e. The number of aromatic nitrogens is 2. The van der Waals surface area contributed by atoms with E-state index in [1.165, 1.54) is 6.92 Å². The number of hydrogen-bond donors (Lipinski definition) is 0. The van der Waals surface area contributed by atoms with Crippen LogP contribution in [-0.4, -0.2) is 34.4 Å². The second-order valence-corrected chi connectivity index (χ2v) is 8.81. The number of alkyl halides is 2. The molecule has 0 saturated heterocycles. The first-order chi connectivity index (χ1) is 16.8. The van der Waals surface area contributed by atoms with Crippen molar-refractivity contribution >= 4 is 5.97 Å². The molecule has 0 saturated carbocycles. The number of esters is 1. The Morgan fingerprint density at radius 3 is 2.14 bits per heavy atom. The molecule has 0 aliphatic heterocycles. The number of halogens is 2. The normalized spacial score (nSPS) is 13.6. The number of hydrogen-bond acceptors (Lipinski definition) is 5. The van der Waals surface area contributed by atoms with Crippen LogP contribution in [0.1, 0.15) is 52.9 Å². The first-order valence-electron chi connectivity index (χ1n) is 12.0. The van der Waals surface area contributed by atoms with Gasteiger partial charge in [-0.15, -0.1) is 0 Å². The first-order valence-corrected chi connectivity index (χ1v) is 12.0. The number of benzene rings is 2. The van der Waals surface area contributed by atoms with Gasteiger partial charge in [-0.05, 0) is 81.5 Å². The fraction of sp³-hybridized carbons (Fsp3) is 0.393. The molecule has 0 fully saturated rings. The molecule has 3 rings (SSSR count). The lowest BCUT2D eigenvalue weighted by Crippen LogP contribution is -2.34. The molecule has 0 spiro atoms. The summed E-state index contributed by atoms with van der Waals surface area (Å²) in [5, 5.41) is 0. The van der Waals surface area contributed by atoms with Gasteiger partial charge in [0.25, 0.3) is 0 Å². The zero-order valence-corrected chi connectivity index (χ0v) is 20.5. The molecule has 0 bridgehead atoms. The van der Waals surface area contributed by atoms with E-state index in [4.69, 9.17) is 9.47 Å². The second-order valence-electron chi connectivity index (χ2n) is 8.81. The smallest absolute Gasteiger partial charge is 0.348 e. The maximum atomic E-state index is 14.3. The van der Waals surface area contributed by atoms with Crippen molar-refractivity contribution < 1.29 is 23.0 Å². The molecule has 0 radical (unpaired) electrons. The lowest BCUT2D eigenvalue weighted by molar-refractivity contribution is -0.147. The molecule has 0 unspecified atom stereocenters. The van der Waals surface area contributed by atoms with Gasteiger partial charge in [0.2, 0.25) is 5.67 Å². The minimum absolute atomic E-state index is 0.115. The van der Waals surface area contributed by atoms with Gasteiger partial charge in [-0.3, -0.25) is 0 Å². The van der Waals surface area contributed by atoms with Gasteiger partial charge in [0.1, 0.15) is 11.5 Å². The zero-order valence-electron chi connectivity index (χ0n) is 20.5. The molecule has 2 atom stereocenters.